The van der Waals surface area contributed by atoms with Crippen molar-refractivity contribution in [3.05, 3.63) is 0 Å². The molecule has 1 saturated carbocycles. The predicted molar refractivity (Wildman–Crippen MR) is 49.5 cm³/mol. The van der Waals surface area contributed by atoms with E-state index in [1.807, 2.05) is 0 Å². The third-order valence-electron chi connectivity index (χ3n) is 2.73. The smallest absolute Gasteiger partial charge is 0.00413 e. The molecule has 1 aliphatic carbocycles. The lowest BCUT2D eigenvalue weighted by molar-refractivity contribution is 0.427. The molecule has 0 aromatic carbocycles. The maximum atomic E-state index is 5.96. The molecule has 2 unspecified atom stereocenters. The van der Waals surface area contributed by atoms with Crippen LogP contribution in [0.25, 0.3) is 0 Å². The molecule has 0 bridgehead atoms. The first-order valence-corrected chi connectivity index (χ1v) is 5.04. The summed E-state index contributed by atoms with van der Waals surface area (Å²) in [6.45, 7) is 2.34. The molecule has 0 saturated heterocycles. The SMILES string of the molecule is CC1CCCCCCC(N)C1. The van der Waals surface area contributed by atoms with Gasteiger partial charge in [-0.3, -0.25) is 0 Å². The molecule has 1 nitrogen and oxygen atoms in total. The van der Waals surface area contributed by atoms with Crippen LogP contribution >= 0.6 is 0 Å². The van der Waals surface area contributed by atoms with Crippen molar-refractivity contribution in [1.29, 1.82) is 0 Å². The van der Waals surface area contributed by atoms with Gasteiger partial charge < -0.3 is 5.73 Å². The second-order valence-corrected chi connectivity index (χ2v) is 4.09. The van der Waals surface area contributed by atoms with Crippen molar-refractivity contribution < 1.29 is 0 Å². The zero-order valence-electron chi connectivity index (χ0n) is 7.68. The zero-order valence-corrected chi connectivity index (χ0v) is 7.68. The molecular weight excluding hydrogens is 134 g/mol. The molecule has 0 aromatic heterocycles. The Kier molecular flexibility index (Phi) is 3.92. The van der Waals surface area contributed by atoms with Gasteiger partial charge in [0.2, 0.25) is 0 Å². The lowest BCUT2D eigenvalue weighted by Crippen LogP contribution is -2.22. The quantitative estimate of drug-likeness (QED) is 0.572. The summed E-state index contributed by atoms with van der Waals surface area (Å²) >= 11 is 0. The maximum absolute atomic E-state index is 5.96. The van der Waals surface area contributed by atoms with Crippen molar-refractivity contribution in [2.75, 3.05) is 0 Å². The van der Waals surface area contributed by atoms with Crippen molar-refractivity contribution in [3.63, 3.8) is 0 Å². The minimum Gasteiger partial charge on any atom is -0.328 e. The highest BCUT2D eigenvalue weighted by Gasteiger charge is 2.10. The molecule has 0 radical (unpaired) electrons. The molecule has 1 aliphatic rings. The Labute approximate surface area is 70.4 Å². The van der Waals surface area contributed by atoms with Gasteiger partial charge >= 0.3 is 0 Å². The van der Waals surface area contributed by atoms with E-state index in [1.54, 1.807) is 0 Å². The molecule has 1 heteroatoms. The van der Waals surface area contributed by atoms with Gasteiger partial charge in [-0.05, 0) is 18.8 Å². The lowest BCUT2D eigenvalue weighted by atomic mass is 9.97. The summed E-state index contributed by atoms with van der Waals surface area (Å²) < 4.78 is 0. The summed E-state index contributed by atoms with van der Waals surface area (Å²) in [5, 5.41) is 0. The molecule has 0 aromatic rings. The molecule has 11 heavy (non-hydrogen) atoms. The summed E-state index contributed by atoms with van der Waals surface area (Å²) in [6, 6.07) is 0.489. The summed E-state index contributed by atoms with van der Waals surface area (Å²) in [5.41, 5.74) is 5.96. The van der Waals surface area contributed by atoms with E-state index in [-0.39, 0.29) is 0 Å². The Hall–Kier alpha value is -0.0400. The molecule has 1 fully saturated rings. The van der Waals surface area contributed by atoms with Crippen LogP contribution in [0.2, 0.25) is 0 Å². The van der Waals surface area contributed by atoms with Gasteiger partial charge in [0.05, 0.1) is 0 Å². The molecule has 66 valence electrons. The van der Waals surface area contributed by atoms with Crippen molar-refractivity contribution >= 4 is 0 Å². The van der Waals surface area contributed by atoms with E-state index in [1.165, 1.54) is 44.9 Å². The van der Waals surface area contributed by atoms with Gasteiger partial charge in [0.1, 0.15) is 0 Å². The molecule has 0 amide bonds. The van der Waals surface area contributed by atoms with E-state index in [0.717, 1.165) is 5.92 Å². The van der Waals surface area contributed by atoms with Crippen LogP contribution in [0.15, 0.2) is 0 Å². The molecule has 0 heterocycles. The van der Waals surface area contributed by atoms with Crippen LogP contribution in [-0.2, 0) is 0 Å². The van der Waals surface area contributed by atoms with Gasteiger partial charge in [-0.1, -0.05) is 39.0 Å². The lowest BCUT2D eigenvalue weighted by Gasteiger charge is -2.14. The Morgan fingerprint density at radius 2 is 1.64 bits per heavy atom. The summed E-state index contributed by atoms with van der Waals surface area (Å²) in [7, 11) is 0. The Balaban J connectivity index is 2.27. The molecule has 0 spiro atoms. The normalized spacial score (nSPS) is 35.5. The van der Waals surface area contributed by atoms with Gasteiger partial charge in [0.25, 0.3) is 0 Å². The first-order valence-electron chi connectivity index (χ1n) is 5.04. The third kappa shape index (κ3) is 3.76. The van der Waals surface area contributed by atoms with Crippen molar-refractivity contribution in [2.24, 2.45) is 11.7 Å². The number of nitrogens with two attached hydrogens (primary N) is 1. The van der Waals surface area contributed by atoms with Crippen LogP contribution < -0.4 is 5.73 Å². The van der Waals surface area contributed by atoms with Gasteiger partial charge in [-0.15, -0.1) is 0 Å². The first kappa shape index (κ1) is 9.05. The minimum atomic E-state index is 0.489. The summed E-state index contributed by atoms with van der Waals surface area (Å²) in [5.74, 6) is 0.864. The van der Waals surface area contributed by atoms with Crippen LogP contribution in [-0.4, -0.2) is 6.04 Å². The van der Waals surface area contributed by atoms with Crippen molar-refractivity contribution in [3.8, 4) is 0 Å². The monoisotopic (exact) mass is 155 g/mol. The minimum absolute atomic E-state index is 0.489. The van der Waals surface area contributed by atoms with Gasteiger partial charge in [0.15, 0.2) is 0 Å². The number of rotatable bonds is 0. The highest BCUT2D eigenvalue weighted by atomic mass is 14.6. The Morgan fingerprint density at radius 1 is 1.00 bits per heavy atom. The highest BCUT2D eigenvalue weighted by molar-refractivity contribution is 4.68. The summed E-state index contributed by atoms with van der Waals surface area (Å²) in [4.78, 5) is 0. The van der Waals surface area contributed by atoms with E-state index >= 15 is 0 Å². The van der Waals surface area contributed by atoms with Crippen LogP contribution in [0.3, 0.4) is 0 Å². The molecular formula is C10H21N. The Bertz CT molecular complexity index is 89.0. The van der Waals surface area contributed by atoms with E-state index in [2.05, 4.69) is 6.92 Å². The standard InChI is InChI=1S/C10H21N/c1-9-6-4-2-3-5-7-10(11)8-9/h9-10H,2-8,11H2,1H3. The molecule has 2 atom stereocenters. The molecule has 0 aliphatic heterocycles. The maximum Gasteiger partial charge on any atom is 0.00413 e. The average Bonchev–Trinajstić information content (AvgIpc) is 2.02. The van der Waals surface area contributed by atoms with Gasteiger partial charge in [0, 0.05) is 6.04 Å². The van der Waals surface area contributed by atoms with E-state index in [4.69, 9.17) is 5.73 Å². The first-order chi connectivity index (χ1) is 5.29. The van der Waals surface area contributed by atoms with E-state index < -0.39 is 0 Å². The highest BCUT2D eigenvalue weighted by Crippen LogP contribution is 2.20. The molecule has 2 N–H and O–H groups in total. The number of hydrogen-bond acceptors (Lipinski definition) is 1. The fourth-order valence-corrected chi connectivity index (χ4v) is 2.01. The predicted octanol–water partition coefficient (Wildman–Crippen LogP) is 2.69. The largest absolute Gasteiger partial charge is 0.328 e. The second-order valence-electron chi connectivity index (χ2n) is 4.09. The van der Waals surface area contributed by atoms with E-state index in [9.17, 15) is 0 Å². The van der Waals surface area contributed by atoms with Gasteiger partial charge in [-0.25, -0.2) is 0 Å². The zero-order chi connectivity index (χ0) is 8.10. The van der Waals surface area contributed by atoms with Gasteiger partial charge in [-0.2, -0.15) is 0 Å². The van der Waals surface area contributed by atoms with E-state index in [0.29, 0.717) is 6.04 Å². The van der Waals surface area contributed by atoms with Crippen molar-refractivity contribution in [2.45, 2.75) is 57.9 Å². The Morgan fingerprint density at radius 3 is 2.36 bits per heavy atom. The van der Waals surface area contributed by atoms with Crippen LogP contribution in [0.5, 0.6) is 0 Å². The fraction of sp³-hybridized carbons (Fsp3) is 1.00. The average molecular weight is 155 g/mol. The van der Waals surface area contributed by atoms with Crippen LogP contribution in [0.1, 0.15) is 51.9 Å². The van der Waals surface area contributed by atoms with Crippen LogP contribution in [0, 0.1) is 5.92 Å². The fourth-order valence-electron chi connectivity index (χ4n) is 2.01. The number of hydrogen-bond donors (Lipinski definition) is 1. The third-order valence-corrected chi connectivity index (χ3v) is 2.73. The topological polar surface area (TPSA) is 26.0 Å². The second kappa shape index (κ2) is 4.76. The summed E-state index contributed by atoms with van der Waals surface area (Å²) in [6.07, 6.45) is 9.51. The molecule has 1 rings (SSSR count). The van der Waals surface area contributed by atoms with Crippen molar-refractivity contribution in [1.82, 2.24) is 0 Å². The van der Waals surface area contributed by atoms with Crippen LogP contribution in [0.4, 0.5) is 0 Å².